The molecule has 0 aliphatic carbocycles. The van der Waals surface area contributed by atoms with E-state index >= 15 is 0 Å². The van der Waals surface area contributed by atoms with Gasteiger partial charge in [0, 0.05) is 11.1 Å². The summed E-state index contributed by atoms with van der Waals surface area (Å²) in [5.74, 6) is 0. The summed E-state index contributed by atoms with van der Waals surface area (Å²) in [6.07, 6.45) is 1.47. The van der Waals surface area contributed by atoms with Crippen molar-refractivity contribution >= 4 is 0 Å². The topological polar surface area (TPSA) is 64.5 Å². The van der Waals surface area contributed by atoms with E-state index in [-0.39, 0.29) is 11.1 Å². The quantitative estimate of drug-likeness (QED) is 0.616. The van der Waals surface area contributed by atoms with Crippen LogP contribution in [0.25, 0.3) is 0 Å². The maximum atomic E-state index is 6.04. The van der Waals surface area contributed by atoms with E-state index in [1.165, 1.54) is 0 Å². The molecule has 1 aliphatic rings. The van der Waals surface area contributed by atoms with Crippen LogP contribution >= 0.6 is 0 Å². The van der Waals surface area contributed by atoms with E-state index in [1.807, 2.05) is 5.06 Å². The van der Waals surface area contributed by atoms with Gasteiger partial charge in [-0.25, -0.2) is 0 Å². The molecule has 0 aromatic heterocycles. The van der Waals surface area contributed by atoms with Gasteiger partial charge in [0.25, 0.3) is 0 Å². The van der Waals surface area contributed by atoms with Crippen molar-refractivity contribution in [3.8, 4) is 0 Å². The summed E-state index contributed by atoms with van der Waals surface area (Å²) >= 11 is 0. The number of rotatable bonds is 1. The summed E-state index contributed by atoms with van der Waals surface area (Å²) in [6.45, 7) is 8.41. The summed E-state index contributed by atoms with van der Waals surface area (Å²) in [4.78, 5) is 5.44. The summed E-state index contributed by atoms with van der Waals surface area (Å²) < 4.78 is 0. The summed E-state index contributed by atoms with van der Waals surface area (Å²) in [5, 5.41) is 2.00. The zero-order valence-electron chi connectivity index (χ0n) is 9.92. The first-order valence-electron chi connectivity index (χ1n) is 5.03. The Morgan fingerprint density at radius 1 is 1.00 bits per heavy atom. The van der Waals surface area contributed by atoms with Crippen molar-refractivity contribution in [3.63, 3.8) is 0 Å². The Labute approximate surface area is 86.5 Å². The van der Waals surface area contributed by atoms with Crippen LogP contribution in [0.3, 0.4) is 0 Å². The molecule has 4 heteroatoms. The molecule has 0 amide bonds. The zero-order valence-corrected chi connectivity index (χ0v) is 9.92. The molecule has 0 unspecified atom stereocenters. The lowest BCUT2D eigenvalue weighted by Crippen LogP contribution is -2.70. The normalized spacial score (nSPS) is 30.2. The van der Waals surface area contributed by atoms with Crippen molar-refractivity contribution in [1.82, 2.24) is 5.06 Å². The van der Waals surface area contributed by atoms with Crippen LogP contribution in [-0.4, -0.2) is 28.9 Å². The fourth-order valence-electron chi connectivity index (χ4n) is 3.13. The average Bonchev–Trinajstić information content (AvgIpc) is 1.76. The standard InChI is InChI=1S/C10H23N3O/c1-8(2)6-10(11,12)7-9(3,4)13(8)14-5/h6-7,11-12H2,1-5H3. The van der Waals surface area contributed by atoms with E-state index in [0.29, 0.717) is 0 Å². The molecule has 1 fully saturated rings. The highest BCUT2D eigenvalue weighted by molar-refractivity contribution is 5.03. The SMILES string of the molecule is CON1C(C)(C)CC(N)(N)CC1(C)C. The lowest BCUT2D eigenvalue weighted by molar-refractivity contribution is -0.273. The average molecular weight is 201 g/mol. The Morgan fingerprint density at radius 2 is 1.36 bits per heavy atom. The van der Waals surface area contributed by atoms with Gasteiger partial charge in [-0.05, 0) is 40.5 Å². The predicted octanol–water partition coefficient (Wildman–Crippen LogP) is 0.815. The van der Waals surface area contributed by atoms with Crippen LogP contribution in [-0.2, 0) is 4.84 Å². The van der Waals surface area contributed by atoms with Crippen LogP contribution in [0, 0.1) is 0 Å². The molecule has 0 saturated carbocycles. The smallest absolute Gasteiger partial charge is 0.0673 e. The molecular formula is C10H23N3O. The van der Waals surface area contributed by atoms with Gasteiger partial charge >= 0.3 is 0 Å². The van der Waals surface area contributed by atoms with Gasteiger partial charge in [-0.15, -0.1) is 0 Å². The molecular weight excluding hydrogens is 178 g/mol. The summed E-state index contributed by atoms with van der Waals surface area (Å²) in [5.41, 5.74) is 11.2. The van der Waals surface area contributed by atoms with E-state index in [4.69, 9.17) is 16.3 Å². The molecule has 4 N–H and O–H groups in total. The van der Waals surface area contributed by atoms with Crippen molar-refractivity contribution in [2.75, 3.05) is 7.11 Å². The van der Waals surface area contributed by atoms with E-state index in [1.54, 1.807) is 7.11 Å². The van der Waals surface area contributed by atoms with Gasteiger partial charge in [0.1, 0.15) is 0 Å². The lowest BCUT2D eigenvalue weighted by atomic mass is 9.76. The highest BCUT2D eigenvalue weighted by atomic mass is 16.7. The molecule has 14 heavy (non-hydrogen) atoms. The van der Waals surface area contributed by atoms with Crippen LogP contribution < -0.4 is 11.5 Å². The zero-order chi connectivity index (χ0) is 11.2. The Hall–Kier alpha value is -0.160. The van der Waals surface area contributed by atoms with Crippen LogP contribution in [0.5, 0.6) is 0 Å². The number of nitrogens with two attached hydrogens (primary N) is 2. The van der Waals surface area contributed by atoms with Gasteiger partial charge < -0.3 is 16.3 Å². The van der Waals surface area contributed by atoms with Crippen LogP contribution in [0.1, 0.15) is 40.5 Å². The molecule has 1 rings (SSSR count). The maximum Gasteiger partial charge on any atom is 0.0673 e. The molecule has 0 aromatic rings. The van der Waals surface area contributed by atoms with Gasteiger partial charge in [-0.2, -0.15) is 5.06 Å². The Morgan fingerprint density at radius 3 is 1.64 bits per heavy atom. The molecule has 0 radical (unpaired) electrons. The van der Waals surface area contributed by atoms with Gasteiger partial charge in [0.05, 0.1) is 12.8 Å². The van der Waals surface area contributed by atoms with Gasteiger partial charge in [-0.1, -0.05) is 0 Å². The molecule has 84 valence electrons. The van der Waals surface area contributed by atoms with Crippen LogP contribution in [0.4, 0.5) is 0 Å². The first-order chi connectivity index (χ1) is 6.11. The number of piperidine rings is 1. The van der Waals surface area contributed by atoms with E-state index in [0.717, 1.165) is 12.8 Å². The molecule has 1 aliphatic heterocycles. The number of hydrogen-bond acceptors (Lipinski definition) is 4. The molecule has 0 aromatic carbocycles. The summed E-state index contributed by atoms with van der Waals surface area (Å²) in [7, 11) is 1.70. The second kappa shape index (κ2) is 3.17. The second-order valence-electron chi connectivity index (χ2n) is 5.69. The van der Waals surface area contributed by atoms with Gasteiger partial charge in [-0.3, -0.25) is 0 Å². The Balaban J connectivity index is 2.99. The Kier molecular flexibility index (Phi) is 2.69. The minimum atomic E-state index is -0.595. The van der Waals surface area contributed by atoms with Crippen molar-refractivity contribution in [2.45, 2.75) is 57.3 Å². The highest BCUT2D eigenvalue weighted by Gasteiger charge is 2.49. The fourth-order valence-corrected chi connectivity index (χ4v) is 3.13. The van der Waals surface area contributed by atoms with E-state index < -0.39 is 5.66 Å². The molecule has 0 spiro atoms. The molecule has 1 saturated heterocycles. The minimum absolute atomic E-state index is 0.125. The van der Waals surface area contributed by atoms with E-state index in [2.05, 4.69) is 27.7 Å². The first kappa shape index (κ1) is 11.9. The third-order valence-corrected chi connectivity index (χ3v) is 2.81. The number of hydroxylamine groups is 2. The fraction of sp³-hybridized carbons (Fsp3) is 1.00. The molecule has 4 nitrogen and oxygen atoms in total. The predicted molar refractivity (Wildman–Crippen MR) is 57.3 cm³/mol. The minimum Gasteiger partial charge on any atom is -0.313 e. The number of hydrogen-bond donors (Lipinski definition) is 2. The summed E-state index contributed by atoms with van der Waals surface area (Å²) in [6, 6.07) is 0. The van der Waals surface area contributed by atoms with Gasteiger partial charge in [0.2, 0.25) is 0 Å². The largest absolute Gasteiger partial charge is 0.313 e. The third kappa shape index (κ3) is 2.08. The third-order valence-electron chi connectivity index (χ3n) is 2.81. The van der Waals surface area contributed by atoms with Crippen molar-refractivity contribution in [1.29, 1.82) is 0 Å². The lowest BCUT2D eigenvalue weighted by Gasteiger charge is -2.55. The molecule has 0 bridgehead atoms. The van der Waals surface area contributed by atoms with Crippen molar-refractivity contribution in [3.05, 3.63) is 0 Å². The Bertz CT molecular complexity index is 203. The van der Waals surface area contributed by atoms with Gasteiger partial charge in [0.15, 0.2) is 0 Å². The second-order valence-corrected chi connectivity index (χ2v) is 5.69. The first-order valence-corrected chi connectivity index (χ1v) is 5.03. The van der Waals surface area contributed by atoms with Crippen LogP contribution in [0.2, 0.25) is 0 Å². The molecule has 0 atom stereocenters. The van der Waals surface area contributed by atoms with E-state index in [9.17, 15) is 0 Å². The number of nitrogens with zero attached hydrogens (tertiary/aromatic N) is 1. The molecule has 1 heterocycles. The van der Waals surface area contributed by atoms with Crippen molar-refractivity contribution < 1.29 is 4.84 Å². The highest BCUT2D eigenvalue weighted by Crippen LogP contribution is 2.40. The maximum absolute atomic E-state index is 6.04. The van der Waals surface area contributed by atoms with Crippen LogP contribution in [0.15, 0.2) is 0 Å². The monoisotopic (exact) mass is 201 g/mol. The van der Waals surface area contributed by atoms with Crippen molar-refractivity contribution in [2.24, 2.45) is 11.5 Å².